The number of nitrogens with zero attached hydrogens (tertiary/aromatic N) is 2. The summed E-state index contributed by atoms with van der Waals surface area (Å²) < 4.78 is 0. The van der Waals surface area contributed by atoms with Crippen LogP contribution in [0.15, 0.2) is 18.5 Å². The first-order valence-corrected chi connectivity index (χ1v) is 7.06. The zero-order chi connectivity index (χ0) is 15.0. The summed E-state index contributed by atoms with van der Waals surface area (Å²) >= 11 is 0. The maximum absolute atomic E-state index is 11.8. The Kier molecular flexibility index (Phi) is 6.70. The topological polar surface area (TPSA) is 62.3 Å². The van der Waals surface area contributed by atoms with Crippen LogP contribution in [0.1, 0.15) is 38.7 Å². The average molecular weight is 277 g/mol. The molecule has 1 heterocycles. The van der Waals surface area contributed by atoms with Gasteiger partial charge in [-0.25, -0.2) is 0 Å². The van der Waals surface area contributed by atoms with Crippen LogP contribution in [0.4, 0.5) is 5.69 Å². The van der Waals surface area contributed by atoms with Crippen molar-refractivity contribution in [3.63, 3.8) is 0 Å². The fourth-order valence-corrected chi connectivity index (χ4v) is 1.94. The highest BCUT2D eigenvalue weighted by Gasteiger charge is 2.10. The fourth-order valence-electron chi connectivity index (χ4n) is 1.94. The number of carbonyl (C=O) groups excluding carboxylic acids is 2. The summed E-state index contributed by atoms with van der Waals surface area (Å²) in [6.07, 6.45) is 4.66. The monoisotopic (exact) mass is 277 g/mol. The number of hydrogen-bond acceptors (Lipinski definition) is 3. The summed E-state index contributed by atoms with van der Waals surface area (Å²) in [6.45, 7) is 7.27. The Labute approximate surface area is 120 Å². The van der Waals surface area contributed by atoms with Crippen molar-refractivity contribution in [1.82, 2.24) is 9.88 Å². The molecule has 0 unspecified atom stereocenters. The number of hydrogen-bond donors (Lipinski definition) is 1. The van der Waals surface area contributed by atoms with Crippen LogP contribution in [-0.4, -0.2) is 34.8 Å². The van der Waals surface area contributed by atoms with Crippen LogP contribution < -0.4 is 5.32 Å². The van der Waals surface area contributed by atoms with Crippen molar-refractivity contribution in [3.8, 4) is 0 Å². The molecule has 20 heavy (non-hydrogen) atoms. The SMILES string of the molecule is CCN(CC)C(=O)CCCC(=O)Nc1cnccc1C. The first-order chi connectivity index (χ1) is 9.58. The smallest absolute Gasteiger partial charge is 0.224 e. The molecular formula is C15H23N3O2. The van der Waals surface area contributed by atoms with E-state index in [1.165, 1.54) is 0 Å². The fraction of sp³-hybridized carbons (Fsp3) is 0.533. The molecule has 0 fully saturated rings. The Morgan fingerprint density at radius 3 is 2.55 bits per heavy atom. The van der Waals surface area contributed by atoms with Crippen molar-refractivity contribution in [2.24, 2.45) is 0 Å². The zero-order valence-electron chi connectivity index (χ0n) is 12.5. The molecule has 110 valence electrons. The van der Waals surface area contributed by atoms with Crippen LogP contribution in [0.25, 0.3) is 0 Å². The molecule has 0 atom stereocenters. The summed E-state index contributed by atoms with van der Waals surface area (Å²) in [5.41, 5.74) is 1.71. The predicted octanol–water partition coefficient (Wildman–Crippen LogP) is 2.37. The maximum Gasteiger partial charge on any atom is 0.224 e. The highest BCUT2D eigenvalue weighted by atomic mass is 16.2. The van der Waals surface area contributed by atoms with E-state index in [0.717, 1.165) is 24.3 Å². The van der Waals surface area contributed by atoms with Crippen molar-refractivity contribution >= 4 is 17.5 Å². The largest absolute Gasteiger partial charge is 0.343 e. The third-order valence-corrected chi connectivity index (χ3v) is 3.22. The van der Waals surface area contributed by atoms with Crippen LogP contribution in [0.3, 0.4) is 0 Å². The van der Waals surface area contributed by atoms with E-state index in [2.05, 4.69) is 10.3 Å². The van der Waals surface area contributed by atoms with E-state index in [1.54, 1.807) is 17.3 Å². The van der Waals surface area contributed by atoms with Crippen LogP contribution in [0.2, 0.25) is 0 Å². The van der Waals surface area contributed by atoms with E-state index in [-0.39, 0.29) is 11.8 Å². The van der Waals surface area contributed by atoms with E-state index in [9.17, 15) is 9.59 Å². The minimum atomic E-state index is -0.0755. The average Bonchev–Trinajstić information content (AvgIpc) is 2.43. The van der Waals surface area contributed by atoms with E-state index in [4.69, 9.17) is 0 Å². The molecule has 1 aromatic rings. The van der Waals surface area contributed by atoms with Gasteiger partial charge >= 0.3 is 0 Å². The zero-order valence-corrected chi connectivity index (χ0v) is 12.5. The van der Waals surface area contributed by atoms with Crippen molar-refractivity contribution in [3.05, 3.63) is 24.0 Å². The van der Waals surface area contributed by atoms with Crippen LogP contribution >= 0.6 is 0 Å². The van der Waals surface area contributed by atoms with Gasteiger partial charge in [-0.15, -0.1) is 0 Å². The molecule has 5 nitrogen and oxygen atoms in total. The summed E-state index contributed by atoms with van der Waals surface area (Å²) in [5.74, 6) is 0.0359. The molecule has 0 saturated carbocycles. The quantitative estimate of drug-likeness (QED) is 0.832. The molecule has 0 saturated heterocycles. The van der Waals surface area contributed by atoms with Gasteiger partial charge in [-0.3, -0.25) is 14.6 Å². The summed E-state index contributed by atoms with van der Waals surface area (Å²) in [5, 5.41) is 2.81. The minimum Gasteiger partial charge on any atom is -0.343 e. The lowest BCUT2D eigenvalue weighted by molar-refractivity contribution is -0.130. The highest BCUT2D eigenvalue weighted by Crippen LogP contribution is 2.12. The number of aryl methyl sites for hydroxylation is 1. The second kappa shape index (κ2) is 8.30. The molecule has 1 aromatic heterocycles. The summed E-state index contributed by atoms with van der Waals surface area (Å²) in [7, 11) is 0. The first kappa shape index (κ1) is 16.1. The molecule has 0 aliphatic rings. The van der Waals surface area contributed by atoms with E-state index < -0.39 is 0 Å². The Morgan fingerprint density at radius 1 is 1.25 bits per heavy atom. The molecule has 1 rings (SSSR count). The number of aromatic nitrogens is 1. The molecule has 0 radical (unpaired) electrons. The molecule has 0 aromatic carbocycles. The van der Waals surface area contributed by atoms with E-state index >= 15 is 0 Å². The molecule has 0 bridgehead atoms. The number of amides is 2. The van der Waals surface area contributed by atoms with Crippen LogP contribution in [0, 0.1) is 6.92 Å². The predicted molar refractivity (Wildman–Crippen MR) is 79.4 cm³/mol. The van der Waals surface area contributed by atoms with E-state index in [1.807, 2.05) is 26.8 Å². The van der Waals surface area contributed by atoms with Crippen molar-refractivity contribution in [2.75, 3.05) is 18.4 Å². The lowest BCUT2D eigenvalue weighted by atomic mass is 10.2. The molecule has 5 heteroatoms. The third-order valence-electron chi connectivity index (χ3n) is 3.22. The summed E-state index contributed by atoms with van der Waals surface area (Å²) in [6, 6.07) is 1.85. The molecule has 1 N–H and O–H groups in total. The van der Waals surface area contributed by atoms with Crippen molar-refractivity contribution in [1.29, 1.82) is 0 Å². The number of carbonyl (C=O) groups is 2. The van der Waals surface area contributed by atoms with Gasteiger partial charge in [-0.1, -0.05) is 0 Å². The summed E-state index contributed by atoms with van der Waals surface area (Å²) in [4.78, 5) is 29.3. The van der Waals surface area contributed by atoms with Crippen molar-refractivity contribution < 1.29 is 9.59 Å². The van der Waals surface area contributed by atoms with Gasteiger partial charge in [0.25, 0.3) is 0 Å². The number of rotatable bonds is 7. The van der Waals surface area contributed by atoms with Gasteiger partial charge in [0.1, 0.15) is 0 Å². The van der Waals surface area contributed by atoms with Gasteiger partial charge in [0.05, 0.1) is 11.9 Å². The van der Waals surface area contributed by atoms with Gasteiger partial charge < -0.3 is 10.2 Å². The Bertz CT molecular complexity index is 456. The van der Waals surface area contributed by atoms with Gasteiger partial charge in [0.15, 0.2) is 0 Å². The van der Waals surface area contributed by atoms with Crippen LogP contribution in [-0.2, 0) is 9.59 Å². The Hall–Kier alpha value is -1.91. The minimum absolute atomic E-state index is 0.0755. The second-order valence-electron chi connectivity index (χ2n) is 4.66. The van der Waals surface area contributed by atoms with E-state index in [0.29, 0.717) is 19.3 Å². The second-order valence-corrected chi connectivity index (χ2v) is 4.66. The standard InChI is InChI=1S/C15H23N3O2/c1-4-18(5-2)15(20)8-6-7-14(19)17-13-11-16-10-9-12(13)3/h9-11H,4-8H2,1-3H3,(H,17,19). The Morgan fingerprint density at radius 2 is 1.95 bits per heavy atom. The van der Waals surface area contributed by atoms with Gasteiger partial charge in [-0.05, 0) is 38.8 Å². The normalized spacial score (nSPS) is 10.2. The molecular weight excluding hydrogens is 254 g/mol. The molecule has 0 aliphatic heterocycles. The third kappa shape index (κ3) is 4.99. The van der Waals surface area contributed by atoms with Gasteiger partial charge in [0.2, 0.25) is 11.8 Å². The maximum atomic E-state index is 11.8. The van der Waals surface area contributed by atoms with Crippen LogP contribution in [0.5, 0.6) is 0 Å². The van der Waals surface area contributed by atoms with Gasteiger partial charge in [-0.2, -0.15) is 0 Å². The lowest BCUT2D eigenvalue weighted by Gasteiger charge is -2.18. The number of nitrogens with one attached hydrogen (secondary N) is 1. The lowest BCUT2D eigenvalue weighted by Crippen LogP contribution is -2.30. The number of pyridine rings is 1. The van der Waals surface area contributed by atoms with Gasteiger partial charge in [0, 0.05) is 32.1 Å². The highest BCUT2D eigenvalue weighted by molar-refractivity contribution is 5.91. The molecule has 0 aliphatic carbocycles. The number of anilines is 1. The molecule has 2 amide bonds. The first-order valence-electron chi connectivity index (χ1n) is 7.06. The Balaban J connectivity index is 2.34. The molecule has 0 spiro atoms. The van der Waals surface area contributed by atoms with Crippen molar-refractivity contribution in [2.45, 2.75) is 40.0 Å².